The molecule has 8 rings (SSSR count). The zero-order valence-corrected chi connectivity index (χ0v) is 38.8. The number of amides is 4. The molecule has 0 saturated carbocycles. The zero-order chi connectivity index (χ0) is 46.3. The van der Waals surface area contributed by atoms with Gasteiger partial charge < -0.3 is 34.8 Å². The van der Waals surface area contributed by atoms with Crippen LogP contribution < -0.4 is 16.1 Å². The Morgan fingerprint density at radius 2 is 1.83 bits per heavy atom. The van der Waals surface area contributed by atoms with E-state index in [4.69, 9.17) is 4.74 Å². The molecule has 15 nitrogen and oxygen atoms in total. The van der Waals surface area contributed by atoms with Crippen molar-refractivity contribution < 1.29 is 33.8 Å². The Morgan fingerprint density at radius 1 is 1.05 bits per heavy atom. The third kappa shape index (κ3) is 9.49. The van der Waals surface area contributed by atoms with Gasteiger partial charge in [0.25, 0.3) is 5.91 Å². The minimum atomic E-state index is -1.14. The molecule has 6 bridgehead atoms. The van der Waals surface area contributed by atoms with E-state index in [0.717, 1.165) is 45.3 Å². The average molecular weight is 889 g/mol. The summed E-state index contributed by atoms with van der Waals surface area (Å²) in [5.41, 5.74) is 10.3. The number of benzene rings is 2. The summed E-state index contributed by atoms with van der Waals surface area (Å²) in [6.07, 6.45) is 6.66. The molecule has 5 atom stereocenters. The molecule has 4 amide bonds. The topological polar surface area (TPSA) is 188 Å². The zero-order valence-electron chi connectivity index (χ0n) is 38.8. The number of nitrogens with one attached hydrogen (secondary N) is 3. The van der Waals surface area contributed by atoms with Gasteiger partial charge in [-0.25, -0.2) is 5.43 Å². The second-order valence-electron chi connectivity index (χ2n) is 19.5. The Morgan fingerprint density at radius 3 is 2.55 bits per heavy atom. The molecule has 4 aliphatic rings. The number of carbonyl (C=O) groups excluding carboxylic acids is 5. The Labute approximate surface area is 381 Å². The first-order chi connectivity index (χ1) is 31.1. The molecule has 4 aliphatic heterocycles. The number of hydrogen-bond acceptors (Lipinski definition) is 10. The molecular formula is C50H64N8O7. The summed E-state index contributed by atoms with van der Waals surface area (Å²) in [6, 6.07) is 10.6. The number of carbonyl (C=O) groups is 5. The second kappa shape index (κ2) is 18.6. The number of cyclic esters (lactones) is 1. The second-order valence-corrected chi connectivity index (χ2v) is 19.5. The van der Waals surface area contributed by atoms with Crippen molar-refractivity contribution in [1.29, 1.82) is 0 Å². The SMILES string of the molecule is CCc1ccncc1-c1c2c3cc(ccc3n1CC)-c1cc(O)cc(c1)C[C@H](NC(=O)[C@H](C(C)C)N(C)C(=O)[C@H]1CCN(C(=O)[C@@H]3CN3)C1)C(=O)N1CCC[C@H](N1)C(=O)OCC(C)(C)C2. The third-order valence-electron chi connectivity index (χ3n) is 13.6. The molecule has 0 spiro atoms. The molecule has 2 aromatic carbocycles. The van der Waals surface area contributed by atoms with Crippen LogP contribution in [0.3, 0.4) is 0 Å². The van der Waals surface area contributed by atoms with Crippen LogP contribution in [0, 0.1) is 17.3 Å². The lowest BCUT2D eigenvalue weighted by atomic mass is 9.84. The lowest BCUT2D eigenvalue weighted by Crippen LogP contribution is -2.62. The maximum absolute atomic E-state index is 14.7. The summed E-state index contributed by atoms with van der Waals surface area (Å²) in [5.74, 6) is -2.44. The van der Waals surface area contributed by atoms with Crippen LogP contribution in [0.15, 0.2) is 54.9 Å². The van der Waals surface area contributed by atoms with E-state index in [9.17, 15) is 29.1 Å². The van der Waals surface area contributed by atoms with Crippen LogP contribution in [0.5, 0.6) is 5.75 Å². The number of fused-ring (bicyclic) bond motifs is 6. The highest BCUT2D eigenvalue weighted by atomic mass is 16.5. The maximum Gasteiger partial charge on any atom is 0.324 e. The first kappa shape index (κ1) is 45.8. The molecule has 2 aromatic heterocycles. The van der Waals surface area contributed by atoms with E-state index in [1.54, 1.807) is 24.1 Å². The van der Waals surface area contributed by atoms with Crippen LogP contribution in [0.2, 0.25) is 0 Å². The van der Waals surface area contributed by atoms with Gasteiger partial charge in [0, 0.05) is 80.5 Å². The average Bonchev–Trinajstić information content (AvgIpc) is 3.95. The monoisotopic (exact) mass is 888 g/mol. The molecule has 6 heterocycles. The van der Waals surface area contributed by atoms with E-state index in [1.165, 1.54) is 15.5 Å². The number of hydrazine groups is 1. The summed E-state index contributed by atoms with van der Waals surface area (Å²) < 4.78 is 8.43. The number of esters is 1. The molecular weight excluding hydrogens is 825 g/mol. The predicted octanol–water partition coefficient (Wildman–Crippen LogP) is 4.61. The van der Waals surface area contributed by atoms with Gasteiger partial charge in [0.2, 0.25) is 17.7 Å². The molecule has 15 heteroatoms. The Hall–Kier alpha value is -5.80. The van der Waals surface area contributed by atoms with Crippen molar-refractivity contribution in [2.75, 3.05) is 39.8 Å². The Bertz CT molecular complexity index is 2490. The fraction of sp³-hybridized carbons (Fsp3) is 0.520. The lowest BCUT2D eigenvalue weighted by molar-refractivity contribution is -0.155. The minimum absolute atomic E-state index is 0.00602. The molecule has 0 unspecified atom stereocenters. The lowest BCUT2D eigenvalue weighted by Gasteiger charge is -2.37. The molecule has 4 aromatic rings. The standard InChI is InChI=1S/C50H64N8O7/c1-8-31-14-16-51-25-38(31)44-37-24-50(5,6)28-65-49(64)39-11-10-17-58(54-39)48(63)40(21-30-19-34(22-35(59)20-30)32-12-13-42(36(37)23-32)57(44)9-2)53-45(60)43(29(3)4)55(7)46(61)33-15-18-56(27-33)47(62)41-26-52-41/h12-14,16,19-20,22-23,25,29,33,39-41,43,52,54,59H,8-11,15,17-18,21,24,26-28H2,1-7H3,(H,53,60)/t33-,39-,40-,41-,43-/m0/s1. The van der Waals surface area contributed by atoms with Crippen molar-refractivity contribution in [3.63, 3.8) is 0 Å². The van der Waals surface area contributed by atoms with Crippen LogP contribution in [-0.4, -0.2) is 123 Å². The van der Waals surface area contributed by atoms with Gasteiger partial charge in [-0.2, -0.15) is 0 Å². The Kier molecular flexibility index (Phi) is 13.1. The quantitative estimate of drug-likeness (QED) is 0.137. The molecule has 4 N–H and O–H groups in total. The molecule has 3 saturated heterocycles. The number of ether oxygens (including phenoxy) is 1. The van der Waals surface area contributed by atoms with Gasteiger partial charge in [0.1, 0.15) is 23.9 Å². The highest BCUT2D eigenvalue weighted by molar-refractivity contribution is 5.96. The van der Waals surface area contributed by atoms with Crippen LogP contribution in [-0.2, 0) is 54.5 Å². The highest BCUT2D eigenvalue weighted by Crippen LogP contribution is 2.41. The molecule has 0 radical (unpaired) electrons. The van der Waals surface area contributed by atoms with E-state index in [2.05, 4.69) is 71.5 Å². The number of rotatable bonds is 9. The summed E-state index contributed by atoms with van der Waals surface area (Å²) >= 11 is 0. The number of hydrogen-bond donors (Lipinski definition) is 4. The van der Waals surface area contributed by atoms with Crippen molar-refractivity contribution >= 4 is 40.5 Å². The first-order valence-corrected chi connectivity index (χ1v) is 23.3. The molecule has 3 fully saturated rings. The van der Waals surface area contributed by atoms with Crippen LogP contribution >= 0.6 is 0 Å². The van der Waals surface area contributed by atoms with E-state index < -0.39 is 47.2 Å². The number of likely N-dealkylation sites (N-methyl/N-ethyl adjacent to an activating group) is 1. The number of pyridine rings is 1. The maximum atomic E-state index is 14.7. The van der Waals surface area contributed by atoms with Gasteiger partial charge >= 0.3 is 5.97 Å². The van der Waals surface area contributed by atoms with E-state index in [1.807, 2.05) is 38.4 Å². The number of nitrogens with zero attached hydrogens (tertiary/aromatic N) is 5. The van der Waals surface area contributed by atoms with Crippen molar-refractivity contribution in [1.82, 2.24) is 40.4 Å². The highest BCUT2D eigenvalue weighted by Gasteiger charge is 2.42. The van der Waals surface area contributed by atoms with Gasteiger partial charge in [0.05, 0.1) is 24.3 Å². The van der Waals surface area contributed by atoms with Crippen molar-refractivity contribution in [3.05, 3.63) is 71.5 Å². The first-order valence-electron chi connectivity index (χ1n) is 23.3. The van der Waals surface area contributed by atoms with Gasteiger partial charge in [-0.15, -0.1) is 0 Å². The van der Waals surface area contributed by atoms with E-state index in [0.29, 0.717) is 64.0 Å². The van der Waals surface area contributed by atoms with Crippen molar-refractivity contribution in [3.8, 4) is 28.1 Å². The van der Waals surface area contributed by atoms with Gasteiger partial charge in [0.15, 0.2) is 0 Å². The van der Waals surface area contributed by atoms with Crippen molar-refractivity contribution in [2.45, 2.75) is 111 Å². The number of aryl methyl sites for hydroxylation is 2. The fourth-order valence-electron chi connectivity index (χ4n) is 10.2. The van der Waals surface area contributed by atoms with E-state index >= 15 is 0 Å². The number of aromatic nitrogens is 2. The number of phenolic OH excluding ortho intramolecular Hbond substituents is 1. The minimum Gasteiger partial charge on any atom is -0.508 e. The van der Waals surface area contributed by atoms with Crippen molar-refractivity contribution in [2.24, 2.45) is 17.3 Å². The fourth-order valence-corrected chi connectivity index (χ4v) is 10.2. The summed E-state index contributed by atoms with van der Waals surface area (Å²) in [6.45, 7) is 14.7. The van der Waals surface area contributed by atoms with Gasteiger partial charge in [-0.3, -0.25) is 34.0 Å². The van der Waals surface area contributed by atoms with Gasteiger partial charge in [-0.1, -0.05) is 46.8 Å². The van der Waals surface area contributed by atoms with Gasteiger partial charge in [-0.05, 0) is 103 Å². The largest absolute Gasteiger partial charge is 0.508 e. The van der Waals surface area contributed by atoms with E-state index in [-0.39, 0.29) is 42.6 Å². The molecule has 0 aliphatic carbocycles. The summed E-state index contributed by atoms with van der Waals surface area (Å²) in [5, 5.41) is 19.8. The van der Waals surface area contributed by atoms with Crippen LogP contribution in [0.4, 0.5) is 0 Å². The predicted molar refractivity (Wildman–Crippen MR) is 247 cm³/mol. The number of likely N-dealkylation sites (tertiary alicyclic amines) is 1. The summed E-state index contributed by atoms with van der Waals surface area (Å²) in [4.78, 5) is 77.6. The van der Waals surface area contributed by atoms with Crippen LogP contribution in [0.25, 0.3) is 33.3 Å². The number of aromatic hydroxyl groups is 1. The molecule has 346 valence electrons. The summed E-state index contributed by atoms with van der Waals surface area (Å²) in [7, 11) is 1.61. The van der Waals surface area contributed by atoms with Crippen LogP contribution in [0.1, 0.15) is 77.5 Å². The number of phenols is 1. The third-order valence-corrected chi connectivity index (χ3v) is 13.6. The molecule has 65 heavy (non-hydrogen) atoms. The Balaban J connectivity index is 1.17. The smallest absolute Gasteiger partial charge is 0.324 e. The normalized spacial score (nSPS) is 22.6.